The van der Waals surface area contributed by atoms with Gasteiger partial charge in [0.05, 0.1) is 6.61 Å². The summed E-state index contributed by atoms with van der Waals surface area (Å²) in [6, 6.07) is 7.66. The van der Waals surface area contributed by atoms with Crippen molar-refractivity contribution in [3.8, 4) is 0 Å². The van der Waals surface area contributed by atoms with Gasteiger partial charge < -0.3 is 35.2 Å². The van der Waals surface area contributed by atoms with E-state index in [1.165, 1.54) is 6.92 Å². The number of rotatable bonds is 4. The molecule has 5 N–H and O–H groups in total. The molecule has 8 nitrogen and oxygen atoms in total. The maximum Gasteiger partial charge on any atom is 0.407 e. The summed E-state index contributed by atoms with van der Waals surface area (Å²) < 4.78 is 10.1. The van der Waals surface area contributed by atoms with E-state index in [0.29, 0.717) is 0 Å². The first kappa shape index (κ1) is 17.6. The fraction of sp³-hybridized carbons (Fsp3) is 0.533. The van der Waals surface area contributed by atoms with Gasteiger partial charge in [-0.1, -0.05) is 30.3 Å². The largest absolute Gasteiger partial charge is 0.445 e. The van der Waals surface area contributed by atoms with Gasteiger partial charge in [0.15, 0.2) is 5.79 Å². The van der Waals surface area contributed by atoms with Crippen molar-refractivity contribution in [3.63, 3.8) is 0 Å². The molecular formula is C15H21NO7. The Bertz CT molecular complexity index is 522. The second-order valence-corrected chi connectivity index (χ2v) is 5.56. The molecule has 1 fully saturated rings. The molecule has 0 saturated carbocycles. The quantitative estimate of drug-likeness (QED) is 0.485. The minimum Gasteiger partial charge on any atom is -0.445 e. The number of hydrogen-bond acceptors (Lipinski definition) is 7. The SMILES string of the molecule is C[C@]1(O)O[C@H](CO)[C@@H](O)[C@H](O)[C@H]1NC(=O)OCc1ccccc1. The van der Waals surface area contributed by atoms with Crippen LogP contribution in [-0.4, -0.2) is 63.3 Å². The van der Waals surface area contributed by atoms with E-state index in [2.05, 4.69) is 5.32 Å². The lowest BCUT2D eigenvalue weighted by Crippen LogP contribution is -2.69. The lowest BCUT2D eigenvalue weighted by atomic mass is 9.91. The Morgan fingerprint density at radius 2 is 1.96 bits per heavy atom. The van der Waals surface area contributed by atoms with Crippen LogP contribution in [0.15, 0.2) is 30.3 Å². The predicted molar refractivity (Wildman–Crippen MR) is 78.1 cm³/mol. The normalized spacial score (nSPS) is 34.0. The Morgan fingerprint density at radius 1 is 1.30 bits per heavy atom. The molecule has 1 aromatic rings. The van der Waals surface area contributed by atoms with Crippen LogP contribution >= 0.6 is 0 Å². The molecule has 1 saturated heterocycles. The smallest absolute Gasteiger partial charge is 0.407 e. The van der Waals surface area contributed by atoms with Crippen LogP contribution < -0.4 is 5.32 Å². The monoisotopic (exact) mass is 327 g/mol. The van der Waals surface area contributed by atoms with Crippen molar-refractivity contribution in [2.24, 2.45) is 0 Å². The van der Waals surface area contributed by atoms with Crippen molar-refractivity contribution in [2.45, 2.75) is 43.7 Å². The predicted octanol–water partition coefficient (Wildman–Crippen LogP) is -0.897. The summed E-state index contributed by atoms with van der Waals surface area (Å²) in [5, 5.41) is 41.4. The molecule has 1 aliphatic rings. The lowest BCUT2D eigenvalue weighted by Gasteiger charge is -2.45. The summed E-state index contributed by atoms with van der Waals surface area (Å²) >= 11 is 0. The second kappa shape index (κ2) is 7.24. The number of hydrogen-bond donors (Lipinski definition) is 5. The molecule has 0 spiro atoms. The fourth-order valence-corrected chi connectivity index (χ4v) is 2.44. The van der Waals surface area contributed by atoms with E-state index in [-0.39, 0.29) is 6.61 Å². The molecule has 0 unspecified atom stereocenters. The fourth-order valence-electron chi connectivity index (χ4n) is 2.44. The molecule has 1 heterocycles. The van der Waals surface area contributed by atoms with Gasteiger partial charge in [-0.3, -0.25) is 0 Å². The van der Waals surface area contributed by atoms with E-state index in [0.717, 1.165) is 5.56 Å². The highest BCUT2D eigenvalue weighted by atomic mass is 16.6. The van der Waals surface area contributed by atoms with Crippen molar-refractivity contribution in [1.29, 1.82) is 0 Å². The van der Waals surface area contributed by atoms with Gasteiger partial charge in [0.2, 0.25) is 0 Å². The standard InChI is InChI=1S/C15H21NO7/c1-15(21)13(12(19)11(18)10(7-17)23-15)16-14(20)22-8-9-5-3-2-4-6-9/h2-6,10-13,17-19,21H,7-8H2,1H3,(H,16,20)/t10-,11-,12+,13-,15+/m1/s1. The molecule has 2 rings (SSSR count). The van der Waals surface area contributed by atoms with Gasteiger partial charge in [0.1, 0.15) is 31.0 Å². The highest BCUT2D eigenvalue weighted by Crippen LogP contribution is 2.27. The minimum absolute atomic E-state index is 0.0142. The first-order valence-electron chi connectivity index (χ1n) is 7.19. The number of amides is 1. The molecule has 0 aliphatic carbocycles. The Hall–Kier alpha value is -1.71. The maximum atomic E-state index is 11.8. The second-order valence-electron chi connectivity index (χ2n) is 5.56. The van der Waals surface area contributed by atoms with Crippen LogP contribution in [0.5, 0.6) is 0 Å². The number of carbonyl (C=O) groups excluding carboxylic acids is 1. The Morgan fingerprint density at radius 3 is 2.57 bits per heavy atom. The van der Waals surface area contributed by atoms with Crippen LogP contribution in [0, 0.1) is 0 Å². The minimum atomic E-state index is -1.97. The van der Waals surface area contributed by atoms with E-state index >= 15 is 0 Å². The zero-order chi connectivity index (χ0) is 17.0. The topological polar surface area (TPSA) is 128 Å². The third kappa shape index (κ3) is 4.18. The number of aliphatic hydroxyl groups excluding tert-OH is 3. The van der Waals surface area contributed by atoms with Gasteiger partial charge in [0.25, 0.3) is 0 Å². The van der Waals surface area contributed by atoms with Crippen LogP contribution in [0.4, 0.5) is 4.79 Å². The Kier molecular flexibility index (Phi) is 5.55. The Balaban J connectivity index is 1.96. The first-order valence-corrected chi connectivity index (χ1v) is 7.19. The van der Waals surface area contributed by atoms with Gasteiger partial charge in [0, 0.05) is 0 Å². The number of alkyl carbamates (subject to hydrolysis) is 1. The number of carbonyl (C=O) groups is 1. The molecule has 128 valence electrons. The van der Waals surface area contributed by atoms with Crippen LogP contribution in [0.3, 0.4) is 0 Å². The van der Waals surface area contributed by atoms with E-state index in [1.807, 2.05) is 6.07 Å². The van der Waals surface area contributed by atoms with Crippen molar-refractivity contribution in [2.75, 3.05) is 6.61 Å². The summed E-state index contributed by atoms with van der Waals surface area (Å²) in [6.45, 7) is 0.646. The van der Waals surface area contributed by atoms with Crippen LogP contribution in [0.25, 0.3) is 0 Å². The average molecular weight is 327 g/mol. The number of ether oxygens (including phenoxy) is 2. The number of benzene rings is 1. The van der Waals surface area contributed by atoms with Gasteiger partial charge >= 0.3 is 6.09 Å². The Labute approximate surface area is 133 Å². The zero-order valence-electron chi connectivity index (χ0n) is 12.6. The highest BCUT2D eigenvalue weighted by molar-refractivity contribution is 5.68. The molecule has 1 aromatic carbocycles. The highest BCUT2D eigenvalue weighted by Gasteiger charge is 2.51. The molecule has 1 amide bonds. The summed E-state index contributed by atoms with van der Waals surface area (Å²) in [7, 11) is 0. The van der Waals surface area contributed by atoms with Crippen molar-refractivity contribution in [1.82, 2.24) is 5.32 Å². The molecule has 0 radical (unpaired) electrons. The van der Waals surface area contributed by atoms with Gasteiger partial charge in [-0.2, -0.15) is 0 Å². The van der Waals surface area contributed by atoms with Crippen LogP contribution in [-0.2, 0) is 16.1 Å². The molecule has 5 atom stereocenters. The number of nitrogens with one attached hydrogen (secondary N) is 1. The van der Waals surface area contributed by atoms with E-state index in [1.54, 1.807) is 24.3 Å². The third-order valence-corrected chi connectivity index (χ3v) is 3.71. The van der Waals surface area contributed by atoms with Crippen LogP contribution in [0.1, 0.15) is 12.5 Å². The first-order chi connectivity index (χ1) is 10.8. The number of aliphatic hydroxyl groups is 4. The molecule has 8 heteroatoms. The van der Waals surface area contributed by atoms with Gasteiger partial charge in [-0.15, -0.1) is 0 Å². The third-order valence-electron chi connectivity index (χ3n) is 3.71. The summed E-state index contributed by atoms with van der Waals surface area (Å²) in [4.78, 5) is 11.8. The molecule has 23 heavy (non-hydrogen) atoms. The lowest BCUT2D eigenvalue weighted by molar-refractivity contribution is -0.309. The summed E-state index contributed by atoms with van der Waals surface area (Å²) in [5.74, 6) is -1.97. The van der Waals surface area contributed by atoms with E-state index < -0.39 is 42.8 Å². The molecular weight excluding hydrogens is 306 g/mol. The van der Waals surface area contributed by atoms with Crippen molar-refractivity contribution >= 4 is 6.09 Å². The van der Waals surface area contributed by atoms with E-state index in [4.69, 9.17) is 14.6 Å². The van der Waals surface area contributed by atoms with Crippen LogP contribution in [0.2, 0.25) is 0 Å². The van der Waals surface area contributed by atoms with Crippen molar-refractivity contribution in [3.05, 3.63) is 35.9 Å². The maximum absolute atomic E-state index is 11.8. The van der Waals surface area contributed by atoms with E-state index in [9.17, 15) is 20.1 Å². The zero-order valence-corrected chi connectivity index (χ0v) is 12.6. The van der Waals surface area contributed by atoms with Gasteiger partial charge in [-0.05, 0) is 12.5 Å². The molecule has 0 aromatic heterocycles. The average Bonchev–Trinajstić information content (AvgIpc) is 2.54. The molecule has 1 aliphatic heterocycles. The van der Waals surface area contributed by atoms with Gasteiger partial charge in [-0.25, -0.2) is 4.79 Å². The summed E-state index contributed by atoms with van der Waals surface area (Å²) in [6.07, 6.45) is -5.02. The molecule has 0 bridgehead atoms. The summed E-state index contributed by atoms with van der Waals surface area (Å²) in [5.41, 5.74) is 0.773. The van der Waals surface area contributed by atoms with Crippen molar-refractivity contribution < 1.29 is 34.7 Å².